The number of rotatable bonds is 0. The molecule has 0 fully saturated rings. The lowest BCUT2D eigenvalue weighted by molar-refractivity contribution is 0.392. The molecule has 1 aromatic carbocycles. The van der Waals surface area contributed by atoms with Crippen molar-refractivity contribution >= 4 is 0 Å². The second-order valence-corrected chi connectivity index (χ2v) is 6.07. The van der Waals surface area contributed by atoms with Crippen LogP contribution in [0.5, 0.6) is 0 Å². The van der Waals surface area contributed by atoms with Gasteiger partial charge in [0, 0.05) is 0 Å². The first kappa shape index (κ1) is 9.45. The number of hydrogen-bond donors (Lipinski definition) is 0. The maximum Gasteiger partial charge on any atom is -0.0218 e. The Morgan fingerprint density at radius 1 is 0.867 bits per heavy atom. The Bertz CT molecular complexity index is 399. The predicted octanol–water partition coefficient (Wildman–Crippen LogP) is 3.69. The second-order valence-electron chi connectivity index (χ2n) is 6.07. The topological polar surface area (TPSA) is 0 Å². The molecular formula is C15H20. The van der Waals surface area contributed by atoms with Crippen LogP contribution in [0.2, 0.25) is 0 Å². The zero-order chi connectivity index (χ0) is 10.5. The number of fused-ring (bicyclic) bond motifs is 3. The molecule has 0 amide bonds. The molecule has 0 spiro atoms. The van der Waals surface area contributed by atoms with E-state index in [0.717, 1.165) is 0 Å². The Kier molecular flexibility index (Phi) is 1.95. The minimum absolute atomic E-state index is 0.509. The second kappa shape index (κ2) is 3.10. The van der Waals surface area contributed by atoms with Crippen LogP contribution in [0, 0.1) is 5.41 Å². The zero-order valence-electron chi connectivity index (χ0n) is 9.90. The summed E-state index contributed by atoms with van der Waals surface area (Å²) >= 11 is 0. The van der Waals surface area contributed by atoms with E-state index in [4.69, 9.17) is 0 Å². The maximum absolute atomic E-state index is 2.40. The SMILES string of the molecule is CC1(C)Cc2ccc3c(c2C1)CCCC3. The molecule has 0 aromatic heterocycles. The largest absolute Gasteiger partial charge is 0.0593 e. The van der Waals surface area contributed by atoms with Crippen LogP contribution in [-0.4, -0.2) is 0 Å². The van der Waals surface area contributed by atoms with Crippen molar-refractivity contribution in [2.45, 2.75) is 52.4 Å². The first-order chi connectivity index (χ1) is 7.16. The molecule has 2 aliphatic rings. The fourth-order valence-electron chi connectivity index (χ4n) is 3.40. The van der Waals surface area contributed by atoms with Crippen molar-refractivity contribution in [1.82, 2.24) is 0 Å². The Labute approximate surface area is 92.7 Å². The molecule has 15 heavy (non-hydrogen) atoms. The number of benzene rings is 1. The van der Waals surface area contributed by atoms with Gasteiger partial charge in [0.1, 0.15) is 0 Å². The minimum Gasteiger partial charge on any atom is -0.0593 e. The molecule has 2 aliphatic carbocycles. The summed E-state index contributed by atoms with van der Waals surface area (Å²) in [6, 6.07) is 4.79. The van der Waals surface area contributed by atoms with E-state index in [0.29, 0.717) is 5.41 Å². The smallest absolute Gasteiger partial charge is 0.0218 e. The Morgan fingerprint density at radius 3 is 2.47 bits per heavy atom. The molecule has 0 bridgehead atoms. The summed E-state index contributed by atoms with van der Waals surface area (Å²) in [5.41, 5.74) is 7.24. The van der Waals surface area contributed by atoms with Crippen molar-refractivity contribution in [3.8, 4) is 0 Å². The summed E-state index contributed by atoms with van der Waals surface area (Å²) < 4.78 is 0. The molecule has 1 aromatic rings. The molecular weight excluding hydrogens is 180 g/mol. The van der Waals surface area contributed by atoms with Gasteiger partial charge in [-0.2, -0.15) is 0 Å². The van der Waals surface area contributed by atoms with Gasteiger partial charge >= 0.3 is 0 Å². The summed E-state index contributed by atoms with van der Waals surface area (Å²) in [7, 11) is 0. The Hall–Kier alpha value is -0.780. The van der Waals surface area contributed by atoms with Crippen molar-refractivity contribution in [1.29, 1.82) is 0 Å². The van der Waals surface area contributed by atoms with Crippen molar-refractivity contribution in [3.05, 3.63) is 34.4 Å². The van der Waals surface area contributed by atoms with Crippen molar-refractivity contribution in [3.63, 3.8) is 0 Å². The minimum atomic E-state index is 0.509. The summed E-state index contributed by atoms with van der Waals surface area (Å²) in [6.45, 7) is 4.81. The van der Waals surface area contributed by atoms with Crippen LogP contribution < -0.4 is 0 Å². The Morgan fingerprint density at radius 2 is 1.60 bits per heavy atom. The quantitative estimate of drug-likeness (QED) is 0.599. The van der Waals surface area contributed by atoms with Gasteiger partial charge in [0.25, 0.3) is 0 Å². The molecule has 0 unspecified atom stereocenters. The molecule has 0 saturated heterocycles. The van der Waals surface area contributed by atoms with Crippen LogP contribution >= 0.6 is 0 Å². The van der Waals surface area contributed by atoms with Crippen LogP contribution in [0.15, 0.2) is 12.1 Å². The predicted molar refractivity (Wildman–Crippen MR) is 64.3 cm³/mol. The van der Waals surface area contributed by atoms with Crippen LogP contribution in [0.4, 0.5) is 0 Å². The molecule has 0 radical (unpaired) electrons. The van der Waals surface area contributed by atoms with Gasteiger partial charge in [-0.3, -0.25) is 0 Å². The van der Waals surface area contributed by atoms with Gasteiger partial charge in [-0.25, -0.2) is 0 Å². The van der Waals surface area contributed by atoms with Crippen LogP contribution in [0.1, 0.15) is 48.9 Å². The Balaban J connectivity index is 2.10. The molecule has 0 heterocycles. The molecule has 3 rings (SSSR count). The first-order valence-corrected chi connectivity index (χ1v) is 6.28. The third-order valence-corrected chi connectivity index (χ3v) is 4.07. The molecule has 0 atom stereocenters. The molecule has 0 N–H and O–H groups in total. The lowest BCUT2D eigenvalue weighted by Crippen LogP contribution is -2.11. The molecule has 0 heteroatoms. The summed E-state index contributed by atoms with van der Waals surface area (Å²) in [5, 5.41) is 0. The van der Waals surface area contributed by atoms with Gasteiger partial charge in [0.15, 0.2) is 0 Å². The highest BCUT2D eigenvalue weighted by molar-refractivity contribution is 5.46. The fourth-order valence-corrected chi connectivity index (χ4v) is 3.40. The average molecular weight is 200 g/mol. The molecule has 80 valence electrons. The standard InChI is InChI=1S/C15H20/c1-15(2)9-12-8-7-11-5-3-4-6-13(11)14(12)10-15/h7-8H,3-6,9-10H2,1-2H3. The number of aryl methyl sites for hydroxylation is 1. The lowest BCUT2D eigenvalue weighted by Gasteiger charge is -2.20. The number of hydrogen-bond acceptors (Lipinski definition) is 0. The van der Waals surface area contributed by atoms with E-state index < -0.39 is 0 Å². The summed E-state index contributed by atoms with van der Waals surface area (Å²) in [6.07, 6.45) is 8.07. The first-order valence-electron chi connectivity index (χ1n) is 6.28. The van der Waals surface area contributed by atoms with E-state index in [9.17, 15) is 0 Å². The van der Waals surface area contributed by atoms with Crippen molar-refractivity contribution < 1.29 is 0 Å². The summed E-state index contributed by atoms with van der Waals surface area (Å²) in [4.78, 5) is 0. The molecule has 0 aliphatic heterocycles. The highest BCUT2D eigenvalue weighted by Gasteiger charge is 2.31. The third kappa shape index (κ3) is 1.51. The van der Waals surface area contributed by atoms with E-state index in [-0.39, 0.29) is 0 Å². The van der Waals surface area contributed by atoms with Crippen LogP contribution in [0.3, 0.4) is 0 Å². The third-order valence-electron chi connectivity index (χ3n) is 4.07. The van der Waals surface area contributed by atoms with Gasteiger partial charge in [-0.05, 0) is 66.2 Å². The van der Waals surface area contributed by atoms with Gasteiger partial charge in [0.05, 0.1) is 0 Å². The van der Waals surface area contributed by atoms with Crippen LogP contribution in [0.25, 0.3) is 0 Å². The highest BCUT2D eigenvalue weighted by atomic mass is 14.4. The lowest BCUT2D eigenvalue weighted by atomic mass is 9.85. The van der Waals surface area contributed by atoms with Gasteiger partial charge < -0.3 is 0 Å². The van der Waals surface area contributed by atoms with E-state index in [1.807, 2.05) is 0 Å². The maximum atomic E-state index is 2.40. The van der Waals surface area contributed by atoms with Crippen molar-refractivity contribution in [2.24, 2.45) is 5.41 Å². The van der Waals surface area contributed by atoms with Gasteiger partial charge in [-0.15, -0.1) is 0 Å². The van der Waals surface area contributed by atoms with E-state index >= 15 is 0 Å². The van der Waals surface area contributed by atoms with E-state index in [1.165, 1.54) is 38.5 Å². The zero-order valence-corrected chi connectivity index (χ0v) is 9.90. The van der Waals surface area contributed by atoms with E-state index in [1.54, 1.807) is 22.3 Å². The van der Waals surface area contributed by atoms with Gasteiger partial charge in [-0.1, -0.05) is 26.0 Å². The monoisotopic (exact) mass is 200 g/mol. The molecule has 0 nitrogen and oxygen atoms in total. The van der Waals surface area contributed by atoms with Gasteiger partial charge in [0.2, 0.25) is 0 Å². The van der Waals surface area contributed by atoms with E-state index in [2.05, 4.69) is 26.0 Å². The van der Waals surface area contributed by atoms with Crippen molar-refractivity contribution in [2.75, 3.05) is 0 Å². The normalized spacial score (nSPS) is 22.3. The van der Waals surface area contributed by atoms with Crippen LogP contribution in [-0.2, 0) is 25.7 Å². The fraction of sp³-hybridized carbons (Fsp3) is 0.600. The molecule has 0 saturated carbocycles. The summed E-state index contributed by atoms with van der Waals surface area (Å²) in [5.74, 6) is 0. The highest BCUT2D eigenvalue weighted by Crippen LogP contribution is 2.40. The average Bonchev–Trinajstić information content (AvgIpc) is 2.52.